The van der Waals surface area contributed by atoms with Gasteiger partial charge in [0.2, 0.25) is 0 Å². The van der Waals surface area contributed by atoms with Gasteiger partial charge in [0.1, 0.15) is 5.54 Å². The van der Waals surface area contributed by atoms with Crippen molar-refractivity contribution in [2.45, 2.75) is 19.4 Å². The highest BCUT2D eigenvalue weighted by Crippen LogP contribution is 2.23. The number of hydrogen-bond donors (Lipinski definition) is 3. The van der Waals surface area contributed by atoms with Gasteiger partial charge >= 0.3 is 11.9 Å². The predicted molar refractivity (Wildman–Crippen MR) is 66.4 cm³/mol. The minimum Gasteiger partial charge on any atom is -0.480 e. The summed E-state index contributed by atoms with van der Waals surface area (Å²) in [7, 11) is 0. The number of carboxylic acids is 2. The number of rotatable bonds is 4. The Kier molecular flexibility index (Phi) is 3.77. The zero-order valence-corrected chi connectivity index (χ0v) is 10.9. The van der Waals surface area contributed by atoms with E-state index in [-0.39, 0.29) is 5.56 Å². The van der Waals surface area contributed by atoms with Gasteiger partial charge in [-0.1, -0.05) is 0 Å². The number of benzene rings is 1. The Bertz CT molecular complexity index is 471. The number of aliphatic carboxylic acids is 1. The van der Waals surface area contributed by atoms with Gasteiger partial charge in [-0.25, -0.2) is 9.59 Å². The molecule has 1 aromatic carbocycles. The van der Waals surface area contributed by atoms with E-state index < -0.39 is 17.5 Å². The Balaban J connectivity index is 3.05. The predicted octanol–water partition coefficient (Wildman–Crippen LogP) is 2.42. The van der Waals surface area contributed by atoms with Gasteiger partial charge in [-0.3, -0.25) is 0 Å². The summed E-state index contributed by atoms with van der Waals surface area (Å²) in [5, 5.41) is 20.6. The lowest BCUT2D eigenvalue weighted by molar-refractivity contribution is -0.141. The molecule has 1 rings (SSSR count). The molecule has 0 spiro atoms. The van der Waals surface area contributed by atoms with Crippen LogP contribution in [0.15, 0.2) is 22.7 Å². The van der Waals surface area contributed by atoms with Crippen LogP contribution >= 0.6 is 15.9 Å². The Hall–Kier alpha value is -1.56. The summed E-state index contributed by atoms with van der Waals surface area (Å²) in [5.74, 6) is -2.09. The fourth-order valence-corrected chi connectivity index (χ4v) is 1.60. The second-order valence-electron chi connectivity index (χ2n) is 4.05. The molecule has 0 radical (unpaired) electrons. The molecule has 0 aliphatic carbocycles. The first-order chi connectivity index (χ1) is 7.74. The van der Waals surface area contributed by atoms with E-state index in [0.29, 0.717) is 10.2 Å². The van der Waals surface area contributed by atoms with Gasteiger partial charge in [0.25, 0.3) is 0 Å². The molecule has 0 saturated heterocycles. The van der Waals surface area contributed by atoms with E-state index in [1.807, 2.05) is 0 Å². The normalized spacial score (nSPS) is 11.0. The number of carbonyl (C=O) groups is 2. The van der Waals surface area contributed by atoms with Crippen molar-refractivity contribution < 1.29 is 19.8 Å². The standard InChI is InChI=1S/C11H12BrNO4/c1-11(2,10(16)17)13-6-3-4-8(12)7(5-6)9(14)15/h3-5,13H,1-2H3,(H,14,15)(H,16,17). The van der Waals surface area contributed by atoms with Crippen molar-refractivity contribution in [3.63, 3.8) is 0 Å². The van der Waals surface area contributed by atoms with Gasteiger partial charge in [-0.05, 0) is 48.0 Å². The third-order valence-electron chi connectivity index (χ3n) is 2.19. The van der Waals surface area contributed by atoms with Crippen LogP contribution in [0.4, 0.5) is 5.69 Å². The molecule has 0 bridgehead atoms. The van der Waals surface area contributed by atoms with Crippen molar-refractivity contribution in [2.24, 2.45) is 0 Å². The van der Waals surface area contributed by atoms with Crippen molar-refractivity contribution in [3.8, 4) is 0 Å². The van der Waals surface area contributed by atoms with Crippen LogP contribution in [-0.2, 0) is 4.79 Å². The first kappa shape index (κ1) is 13.5. The van der Waals surface area contributed by atoms with Crippen molar-refractivity contribution in [3.05, 3.63) is 28.2 Å². The molecular weight excluding hydrogens is 290 g/mol. The van der Waals surface area contributed by atoms with Crippen LogP contribution in [-0.4, -0.2) is 27.7 Å². The summed E-state index contributed by atoms with van der Waals surface area (Å²) in [5.41, 5.74) is -0.641. The molecule has 0 aromatic heterocycles. The summed E-state index contributed by atoms with van der Waals surface area (Å²) in [6.45, 7) is 3.00. The minimum atomic E-state index is -1.16. The molecule has 0 aliphatic rings. The lowest BCUT2D eigenvalue weighted by Crippen LogP contribution is -2.39. The van der Waals surface area contributed by atoms with E-state index in [0.717, 1.165) is 0 Å². The number of halogens is 1. The molecule has 6 heteroatoms. The molecule has 0 amide bonds. The largest absolute Gasteiger partial charge is 0.480 e. The van der Waals surface area contributed by atoms with Crippen LogP contribution < -0.4 is 5.32 Å². The molecule has 1 aromatic rings. The van der Waals surface area contributed by atoms with Crippen molar-refractivity contribution in [1.82, 2.24) is 0 Å². The average molecular weight is 302 g/mol. The third kappa shape index (κ3) is 3.20. The number of nitrogens with one attached hydrogen (secondary N) is 1. The van der Waals surface area contributed by atoms with Gasteiger partial charge < -0.3 is 15.5 Å². The summed E-state index contributed by atoms with van der Waals surface area (Å²) >= 11 is 3.11. The van der Waals surface area contributed by atoms with E-state index in [1.165, 1.54) is 19.9 Å². The molecule has 5 nitrogen and oxygen atoms in total. The molecule has 3 N–H and O–H groups in total. The van der Waals surface area contributed by atoms with Crippen LogP contribution in [0.2, 0.25) is 0 Å². The zero-order chi connectivity index (χ0) is 13.2. The Morgan fingerprint density at radius 1 is 1.29 bits per heavy atom. The maximum Gasteiger partial charge on any atom is 0.336 e. The van der Waals surface area contributed by atoms with Crippen LogP contribution in [0.3, 0.4) is 0 Å². The molecule has 0 aliphatic heterocycles. The highest BCUT2D eigenvalue weighted by Gasteiger charge is 2.26. The fourth-order valence-electron chi connectivity index (χ4n) is 1.18. The lowest BCUT2D eigenvalue weighted by Gasteiger charge is -2.22. The third-order valence-corrected chi connectivity index (χ3v) is 2.88. The summed E-state index contributed by atoms with van der Waals surface area (Å²) in [4.78, 5) is 21.8. The van der Waals surface area contributed by atoms with Gasteiger partial charge in [0.15, 0.2) is 0 Å². The second-order valence-corrected chi connectivity index (χ2v) is 4.91. The number of anilines is 1. The van der Waals surface area contributed by atoms with E-state index >= 15 is 0 Å². The highest BCUT2D eigenvalue weighted by atomic mass is 79.9. The van der Waals surface area contributed by atoms with Crippen molar-refractivity contribution >= 4 is 33.6 Å². The monoisotopic (exact) mass is 301 g/mol. The SMILES string of the molecule is CC(C)(Nc1ccc(Br)c(C(=O)O)c1)C(=O)O. The van der Waals surface area contributed by atoms with E-state index in [9.17, 15) is 9.59 Å². The molecule has 17 heavy (non-hydrogen) atoms. The Morgan fingerprint density at radius 3 is 2.35 bits per heavy atom. The average Bonchev–Trinajstić information content (AvgIpc) is 2.20. The van der Waals surface area contributed by atoms with Gasteiger partial charge in [0.05, 0.1) is 5.56 Å². The summed E-state index contributed by atoms with van der Waals surface area (Å²) in [6.07, 6.45) is 0. The molecule has 0 unspecified atom stereocenters. The van der Waals surface area contributed by atoms with E-state index in [4.69, 9.17) is 10.2 Å². The minimum absolute atomic E-state index is 0.0798. The quantitative estimate of drug-likeness (QED) is 0.795. The summed E-state index contributed by atoms with van der Waals surface area (Å²) in [6, 6.07) is 4.56. The number of carboxylic acid groups (broad SMARTS) is 2. The van der Waals surface area contributed by atoms with Crippen molar-refractivity contribution in [1.29, 1.82) is 0 Å². The molecule has 0 atom stereocenters. The topological polar surface area (TPSA) is 86.6 Å². The first-order valence-electron chi connectivity index (χ1n) is 4.78. The van der Waals surface area contributed by atoms with Crippen LogP contribution in [0, 0.1) is 0 Å². The number of aromatic carboxylic acids is 1. The van der Waals surface area contributed by atoms with E-state index in [2.05, 4.69) is 21.2 Å². The fraction of sp³-hybridized carbons (Fsp3) is 0.273. The Morgan fingerprint density at radius 2 is 1.88 bits per heavy atom. The molecule has 0 saturated carbocycles. The van der Waals surface area contributed by atoms with Crippen LogP contribution in [0.25, 0.3) is 0 Å². The first-order valence-corrected chi connectivity index (χ1v) is 5.58. The van der Waals surface area contributed by atoms with Gasteiger partial charge in [0, 0.05) is 10.2 Å². The zero-order valence-electron chi connectivity index (χ0n) is 9.32. The Labute approximate surface area is 107 Å². The molecule has 0 fully saturated rings. The molecule has 0 heterocycles. The molecule has 92 valence electrons. The van der Waals surface area contributed by atoms with Crippen LogP contribution in [0.1, 0.15) is 24.2 Å². The highest BCUT2D eigenvalue weighted by molar-refractivity contribution is 9.10. The van der Waals surface area contributed by atoms with Crippen LogP contribution in [0.5, 0.6) is 0 Å². The second kappa shape index (κ2) is 4.75. The summed E-state index contributed by atoms with van der Waals surface area (Å²) < 4.78 is 0.448. The maximum atomic E-state index is 10.9. The molecular formula is C11H12BrNO4. The lowest BCUT2D eigenvalue weighted by atomic mass is 10.1. The van der Waals surface area contributed by atoms with Crippen molar-refractivity contribution in [2.75, 3.05) is 5.32 Å². The smallest absolute Gasteiger partial charge is 0.336 e. The van der Waals surface area contributed by atoms with Gasteiger partial charge in [-0.2, -0.15) is 0 Å². The maximum absolute atomic E-state index is 10.9. The van der Waals surface area contributed by atoms with Gasteiger partial charge in [-0.15, -0.1) is 0 Å². The van der Waals surface area contributed by atoms with E-state index in [1.54, 1.807) is 12.1 Å². The number of hydrogen-bond acceptors (Lipinski definition) is 3.